The monoisotopic (exact) mass is 419 g/mol. The van der Waals surface area contributed by atoms with Gasteiger partial charge < -0.3 is 15.0 Å². The third-order valence-electron chi connectivity index (χ3n) is 5.63. The van der Waals surface area contributed by atoms with Crippen molar-refractivity contribution in [3.8, 4) is 0 Å². The molecule has 2 aliphatic rings. The van der Waals surface area contributed by atoms with Crippen LogP contribution in [0, 0.1) is 0 Å². The summed E-state index contributed by atoms with van der Waals surface area (Å²) >= 11 is 6.52. The smallest absolute Gasteiger partial charge is 0.262 e. The second kappa shape index (κ2) is 8.01. The lowest BCUT2D eigenvalue weighted by Gasteiger charge is -2.38. The van der Waals surface area contributed by atoms with E-state index in [4.69, 9.17) is 16.3 Å². The van der Waals surface area contributed by atoms with Gasteiger partial charge in [-0.25, -0.2) is 0 Å². The Labute approximate surface area is 180 Å². The number of carbonyl (C=O) groups excluding carboxylic acids is 1. The van der Waals surface area contributed by atoms with Gasteiger partial charge in [-0.05, 0) is 42.5 Å². The Morgan fingerprint density at radius 1 is 0.867 bits per heavy atom. The van der Waals surface area contributed by atoms with Crippen molar-refractivity contribution in [1.29, 1.82) is 0 Å². The number of benzene rings is 3. The fourth-order valence-electron chi connectivity index (χ4n) is 4.08. The van der Waals surface area contributed by atoms with Gasteiger partial charge in [0.25, 0.3) is 5.91 Å². The molecule has 0 unspecified atom stereocenters. The van der Waals surface area contributed by atoms with Crippen LogP contribution >= 0.6 is 11.6 Å². The molecule has 3 aromatic carbocycles. The number of anilines is 3. The SMILES string of the molecule is O=C1c2ccccc2N[C@@H](c2ccccc2Cl)N1c1ccc(N2CCOCC2)cc1. The molecule has 6 heteroatoms. The van der Waals surface area contributed by atoms with Crippen molar-refractivity contribution in [2.45, 2.75) is 6.17 Å². The van der Waals surface area contributed by atoms with Crippen LogP contribution in [0.5, 0.6) is 0 Å². The number of rotatable bonds is 3. The number of para-hydroxylation sites is 1. The maximum Gasteiger partial charge on any atom is 0.262 e. The van der Waals surface area contributed by atoms with Gasteiger partial charge in [0, 0.05) is 40.7 Å². The van der Waals surface area contributed by atoms with Crippen LogP contribution in [0.3, 0.4) is 0 Å². The molecule has 0 aliphatic carbocycles. The quantitative estimate of drug-likeness (QED) is 0.652. The summed E-state index contributed by atoms with van der Waals surface area (Å²) in [6, 6.07) is 23.4. The molecular formula is C24H22ClN3O2. The van der Waals surface area contributed by atoms with Gasteiger partial charge in [-0.3, -0.25) is 9.69 Å². The number of hydrogen-bond donors (Lipinski definition) is 1. The van der Waals surface area contributed by atoms with Gasteiger partial charge in [-0.15, -0.1) is 0 Å². The highest BCUT2D eigenvalue weighted by Crippen LogP contribution is 2.39. The van der Waals surface area contributed by atoms with Crippen molar-refractivity contribution >= 4 is 34.6 Å². The van der Waals surface area contributed by atoms with E-state index in [0.29, 0.717) is 10.6 Å². The highest BCUT2D eigenvalue weighted by Gasteiger charge is 2.34. The van der Waals surface area contributed by atoms with Crippen LogP contribution in [0.4, 0.5) is 17.1 Å². The van der Waals surface area contributed by atoms with Gasteiger partial charge in [0.1, 0.15) is 6.17 Å². The van der Waals surface area contributed by atoms with E-state index < -0.39 is 6.17 Å². The van der Waals surface area contributed by atoms with Crippen molar-refractivity contribution < 1.29 is 9.53 Å². The summed E-state index contributed by atoms with van der Waals surface area (Å²) in [4.78, 5) is 17.6. The number of morpholine rings is 1. The zero-order chi connectivity index (χ0) is 20.5. The molecule has 3 aromatic rings. The van der Waals surface area contributed by atoms with E-state index in [1.165, 1.54) is 0 Å². The molecular weight excluding hydrogens is 398 g/mol. The normalized spacial score (nSPS) is 18.7. The van der Waals surface area contributed by atoms with Gasteiger partial charge in [0.2, 0.25) is 0 Å². The zero-order valence-electron chi connectivity index (χ0n) is 16.4. The second-order valence-electron chi connectivity index (χ2n) is 7.40. The van der Waals surface area contributed by atoms with E-state index in [-0.39, 0.29) is 5.91 Å². The van der Waals surface area contributed by atoms with Crippen LogP contribution in [0.1, 0.15) is 22.1 Å². The summed E-state index contributed by atoms with van der Waals surface area (Å²) in [5.74, 6) is -0.0478. The van der Waals surface area contributed by atoms with Crippen LogP contribution in [-0.4, -0.2) is 32.2 Å². The number of hydrogen-bond acceptors (Lipinski definition) is 4. The van der Waals surface area contributed by atoms with Gasteiger partial charge in [0.15, 0.2) is 0 Å². The van der Waals surface area contributed by atoms with Gasteiger partial charge in [0.05, 0.1) is 18.8 Å². The van der Waals surface area contributed by atoms with Crippen molar-refractivity contribution in [3.05, 3.63) is 88.9 Å². The first kappa shape index (κ1) is 19.0. The lowest BCUT2D eigenvalue weighted by molar-refractivity contribution is 0.0975. The number of amides is 1. The fourth-order valence-corrected chi connectivity index (χ4v) is 4.32. The fraction of sp³-hybridized carbons (Fsp3) is 0.208. The zero-order valence-corrected chi connectivity index (χ0v) is 17.2. The van der Waals surface area contributed by atoms with Crippen molar-refractivity contribution in [2.24, 2.45) is 0 Å². The van der Waals surface area contributed by atoms with Crippen LogP contribution in [0.2, 0.25) is 5.02 Å². The molecule has 1 fully saturated rings. The highest BCUT2D eigenvalue weighted by molar-refractivity contribution is 6.31. The van der Waals surface area contributed by atoms with Crippen LogP contribution in [0.15, 0.2) is 72.8 Å². The molecule has 5 nitrogen and oxygen atoms in total. The molecule has 1 atom stereocenters. The minimum atomic E-state index is -0.393. The largest absolute Gasteiger partial charge is 0.378 e. The predicted octanol–water partition coefficient (Wildman–Crippen LogP) is 4.95. The summed E-state index contributed by atoms with van der Waals surface area (Å²) < 4.78 is 5.45. The van der Waals surface area contributed by atoms with Gasteiger partial charge in [-0.1, -0.05) is 41.9 Å². The van der Waals surface area contributed by atoms with E-state index >= 15 is 0 Å². The third kappa shape index (κ3) is 3.40. The topological polar surface area (TPSA) is 44.8 Å². The Balaban J connectivity index is 1.55. The summed E-state index contributed by atoms with van der Waals surface area (Å²) in [7, 11) is 0. The van der Waals surface area contributed by atoms with E-state index in [9.17, 15) is 4.79 Å². The Hall–Kier alpha value is -3.02. The number of fused-ring (bicyclic) bond motifs is 1. The van der Waals surface area contributed by atoms with Crippen LogP contribution < -0.4 is 15.1 Å². The Kier molecular flexibility index (Phi) is 5.07. The molecule has 1 N–H and O–H groups in total. The van der Waals surface area contributed by atoms with E-state index in [2.05, 4.69) is 22.3 Å². The minimum absolute atomic E-state index is 0.0478. The Morgan fingerprint density at radius 2 is 1.53 bits per heavy atom. The third-order valence-corrected chi connectivity index (χ3v) is 5.97. The molecule has 0 radical (unpaired) electrons. The predicted molar refractivity (Wildman–Crippen MR) is 121 cm³/mol. The first-order chi connectivity index (χ1) is 14.7. The summed E-state index contributed by atoms with van der Waals surface area (Å²) in [6.45, 7) is 3.22. The summed E-state index contributed by atoms with van der Waals surface area (Å²) in [5, 5.41) is 4.13. The molecule has 2 aliphatic heterocycles. The molecule has 2 heterocycles. The van der Waals surface area contributed by atoms with E-state index in [1.54, 1.807) is 4.90 Å². The molecule has 1 amide bonds. The second-order valence-corrected chi connectivity index (χ2v) is 7.81. The number of nitrogens with one attached hydrogen (secondary N) is 1. The maximum atomic E-state index is 13.5. The van der Waals surface area contributed by atoms with E-state index in [1.807, 2.05) is 60.7 Å². The number of halogens is 1. The first-order valence-corrected chi connectivity index (χ1v) is 10.5. The average molecular weight is 420 g/mol. The molecule has 0 saturated carbocycles. The first-order valence-electron chi connectivity index (χ1n) is 10.1. The summed E-state index contributed by atoms with van der Waals surface area (Å²) in [5.41, 5.74) is 4.28. The molecule has 30 heavy (non-hydrogen) atoms. The molecule has 0 aromatic heterocycles. The molecule has 5 rings (SSSR count). The minimum Gasteiger partial charge on any atom is -0.378 e. The van der Waals surface area contributed by atoms with Crippen molar-refractivity contribution in [2.75, 3.05) is 41.4 Å². The standard InChI is InChI=1S/C24H22ClN3O2/c25-21-7-3-1-5-19(21)23-26-22-8-4-2-6-20(22)24(29)28(23)18-11-9-17(10-12-18)27-13-15-30-16-14-27/h1-12,23,26H,13-16H2/t23-/m1/s1. The molecule has 0 bridgehead atoms. The Bertz CT molecular complexity index is 1060. The van der Waals surface area contributed by atoms with Crippen LogP contribution in [-0.2, 0) is 4.74 Å². The highest BCUT2D eigenvalue weighted by atomic mass is 35.5. The molecule has 1 saturated heterocycles. The van der Waals surface area contributed by atoms with Crippen molar-refractivity contribution in [1.82, 2.24) is 0 Å². The van der Waals surface area contributed by atoms with Gasteiger partial charge >= 0.3 is 0 Å². The molecule has 0 spiro atoms. The lowest BCUT2D eigenvalue weighted by Crippen LogP contribution is -2.43. The van der Waals surface area contributed by atoms with Crippen LogP contribution in [0.25, 0.3) is 0 Å². The lowest BCUT2D eigenvalue weighted by atomic mass is 10.0. The number of nitrogens with zero attached hydrogens (tertiary/aromatic N) is 2. The van der Waals surface area contributed by atoms with Crippen molar-refractivity contribution in [3.63, 3.8) is 0 Å². The molecule has 152 valence electrons. The average Bonchev–Trinajstić information content (AvgIpc) is 2.80. The Morgan fingerprint density at radius 3 is 2.30 bits per heavy atom. The maximum absolute atomic E-state index is 13.5. The number of ether oxygens (including phenoxy) is 1. The van der Waals surface area contributed by atoms with Gasteiger partial charge in [-0.2, -0.15) is 0 Å². The summed E-state index contributed by atoms with van der Waals surface area (Å²) in [6.07, 6.45) is -0.393. The number of carbonyl (C=O) groups is 1. The van der Waals surface area contributed by atoms with E-state index in [0.717, 1.165) is 48.9 Å².